The lowest BCUT2D eigenvalue weighted by Gasteiger charge is -2.55. The molecular formula is C21H33N. The first-order chi connectivity index (χ1) is 10.4. The number of hydrogen-bond acceptors (Lipinski definition) is 1. The molecule has 4 aliphatic carbocycles. The molecular weight excluding hydrogens is 266 g/mol. The molecule has 0 spiro atoms. The zero-order valence-electron chi connectivity index (χ0n) is 14.9. The molecule has 22 heavy (non-hydrogen) atoms. The van der Waals surface area contributed by atoms with Crippen LogP contribution in [0.2, 0.25) is 0 Å². The van der Waals surface area contributed by atoms with Crippen LogP contribution in [0.3, 0.4) is 0 Å². The molecule has 0 heterocycles. The van der Waals surface area contributed by atoms with Crippen LogP contribution in [0.25, 0.3) is 0 Å². The van der Waals surface area contributed by atoms with Gasteiger partial charge in [-0.05, 0) is 81.2 Å². The van der Waals surface area contributed by atoms with E-state index in [1.165, 1.54) is 44.9 Å². The van der Waals surface area contributed by atoms with Gasteiger partial charge in [0.15, 0.2) is 0 Å². The number of likely N-dealkylation sites (N-methyl/N-ethyl adjacent to an activating group) is 1. The average Bonchev–Trinajstić information content (AvgIpc) is 2.88. The molecule has 0 aliphatic heterocycles. The Balaban J connectivity index is 1.67. The molecule has 6 atom stereocenters. The second-order valence-electron chi connectivity index (χ2n) is 9.32. The van der Waals surface area contributed by atoms with Crippen molar-refractivity contribution in [2.45, 2.75) is 64.8 Å². The average molecular weight is 300 g/mol. The SMILES string of the molecule is CN(C)C1C=C[C@@]2(C)C(CC=C3[C@@H]4CCC[C@@]4(C)CC[C@@H]32)C1. The summed E-state index contributed by atoms with van der Waals surface area (Å²) in [5, 5.41) is 0. The Morgan fingerprint density at radius 1 is 1.09 bits per heavy atom. The van der Waals surface area contributed by atoms with Crippen molar-refractivity contribution in [2.75, 3.05) is 14.1 Å². The molecule has 4 aliphatic rings. The Morgan fingerprint density at radius 2 is 1.91 bits per heavy atom. The second kappa shape index (κ2) is 4.97. The molecule has 0 radical (unpaired) electrons. The summed E-state index contributed by atoms with van der Waals surface area (Å²) in [6.07, 6.45) is 17.8. The van der Waals surface area contributed by atoms with Gasteiger partial charge in [-0.1, -0.05) is 44.1 Å². The molecule has 0 aromatic carbocycles. The first-order valence-corrected chi connectivity index (χ1v) is 9.50. The van der Waals surface area contributed by atoms with Crippen LogP contribution in [-0.4, -0.2) is 25.0 Å². The molecule has 122 valence electrons. The normalized spacial score (nSPS) is 50.3. The Kier molecular flexibility index (Phi) is 3.39. The number of rotatable bonds is 1. The maximum atomic E-state index is 2.70. The van der Waals surface area contributed by atoms with E-state index in [2.05, 4.69) is 51.1 Å². The molecule has 0 saturated heterocycles. The highest BCUT2D eigenvalue weighted by Crippen LogP contribution is 2.63. The molecule has 0 amide bonds. The summed E-state index contributed by atoms with van der Waals surface area (Å²) in [5.74, 6) is 2.59. The van der Waals surface area contributed by atoms with Crippen molar-refractivity contribution in [1.29, 1.82) is 0 Å². The van der Waals surface area contributed by atoms with E-state index in [4.69, 9.17) is 0 Å². The monoisotopic (exact) mass is 299 g/mol. The van der Waals surface area contributed by atoms with Crippen molar-refractivity contribution in [1.82, 2.24) is 4.90 Å². The summed E-state index contributed by atoms with van der Waals surface area (Å²) in [7, 11) is 4.46. The molecule has 0 N–H and O–H groups in total. The maximum Gasteiger partial charge on any atom is 0.0275 e. The van der Waals surface area contributed by atoms with E-state index in [1.54, 1.807) is 0 Å². The summed E-state index contributed by atoms with van der Waals surface area (Å²) in [5.41, 5.74) is 2.94. The summed E-state index contributed by atoms with van der Waals surface area (Å²) in [4.78, 5) is 2.39. The highest BCUT2D eigenvalue weighted by atomic mass is 15.1. The van der Waals surface area contributed by atoms with Gasteiger partial charge in [-0.25, -0.2) is 0 Å². The number of allylic oxidation sites excluding steroid dienone is 3. The predicted octanol–water partition coefficient (Wildman–Crippen LogP) is 5.05. The Bertz CT molecular complexity index is 516. The second-order valence-corrected chi connectivity index (χ2v) is 9.32. The van der Waals surface area contributed by atoms with Crippen LogP contribution in [0.1, 0.15) is 58.8 Å². The lowest BCUT2D eigenvalue weighted by atomic mass is 9.50. The van der Waals surface area contributed by atoms with Crippen LogP contribution in [0.15, 0.2) is 23.8 Å². The third-order valence-electron chi connectivity index (χ3n) is 8.03. The van der Waals surface area contributed by atoms with Crippen molar-refractivity contribution >= 4 is 0 Å². The highest BCUT2D eigenvalue weighted by Gasteiger charge is 2.53. The fourth-order valence-electron chi connectivity index (χ4n) is 6.43. The minimum absolute atomic E-state index is 0.431. The van der Waals surface area contributed by atoms with E-state index in [9.17, 15) is 0 Å². The molecule has 4 rings (SSSR count). The van der Waals surface area contributed by atoms with Crippen LogP contribution in [-0.2, 0) is 0 Å². The first kappa shape index (κ1) is 15.0. The fraction of sp³-hybridized carbons (Fsp3) is 0.810. The van der Waals surface area contributed by atoms with Gasteiger partial charge in [0.1, 0.15) is 0 Å². The Hall–Kier alpha value is -0.560. The lowest BCUT2D eigenvalue weighted by molar-refractivity contribution is 0.0551. The van der Waals surface area contributed by atoms with Gasteiger partial charge in [0.2, 0.25) is 0 Å². The highest BCUT2D eigenvalue weighted by molar-refractivity contribution is 5.30. The van der Waals surface area contributed by atoms with Gasteiger partial charge >= 0.3 is 0 Å². The molecule has 1 heteroatoms. The van der Waals surface area contributed by atoms with Crippen molar-refractivity contribution in [3.63, 3.8) is 0 Å². The first-order valence-electron chi connectivity index (χ1n) is 9.50. The van der Waals surface area contributed by atoms with Gasteiger partial charge in [-0.3, -0.25) is 0 Å². The molecule has 0 aromatic rings. The van der Waals surface area contributed by atoms with Crippen LogP contribution in [0.5, 0.6) is 0 Å². The molecule has 2 unspecified atom stereocenters. The van der Waals surface area contributed by atoms with Crippen LogP contribution in [0.4, 0.5) is 0 Å². The summed E-state index contributed by atoms with van der Waals surface area (Å²) in [6.45, 7) is 5.16. The van der Waals surface area contributed by atoms with E-state index >= 15 is 0 Å². The molecule has 1 nitrogen and oxygen atoms in total. The van der Waals surface area contributed by atoms with Gasteiger partial charge < -0.3 is 4.90 Å². The van der Waals surface area contributed by atoms with Crippen molar-refractivity contribution in [3.05, 3.63) is 23.8 Å². The minimum Gasteiger partial charge on any atom is -0.303 e. The molecule has 0 aromatic heterocycles. The van der Waals surface area contributed by atoms with E-state index in [1.807, 2.05) is 5.57 Å². The smallest absolute Gasteiger partial charge is 0.0275 e. The number of nitrogens with zero attached hydrogens (tertiary/aromatic N) is 1. The topological polar surface area (TPSA) is 3.24 Å². The van der Waals surface area contributed by atoms with Gasteiger partial charge in [0.05, 0.1) is 0 Å². The van der Waals surface area contributed by atoms with Gasteiger partial charge in [0, 0.05) is 6.04 Å². The number of fused-ring (bicyclic) bond motifs is 5. The molecule has 0 bridgehead atoms. The predicted molar refractivity (Wildman–Crippen MR) is 93.7 cm³/mol. The zero-order valence-corrected chi connectivity index (χ0v) is 14.9. The van der Waals surface area contributed by atoms with Gasteiger partial charge in [-0.15, -0.1) is 0 Å². The Morgan fingerprint density at radius 3 is 2.68 bits per heavy atom. The van der Waals surface area contributed by atoms with Gasteiger partial charge in [-0.2, -0.15) is 0 Å². The van der Waals surface area contributed by atoms with Crippen LogP contribution in [0, 0.1) is 28.6 Å². The maximum absolute atomic E-state index is 2.70. The van der Waals surface area contributed by atoms with Crippen molar-refractivity contribution < 1.29 is 0 Å². The molecule has 2 fully saturated rings. The summed E-state index contributed by atoms with van der Waals surface area (Å²) >= 11 is 0. The zero-order chi connectivity index (χ0) is 15.5. The molecule has 2 saturated carbocycles. The summed E-state index contributed by atoms with van der Waals surface area (Å²) < 4.78 is 0. The van der Waals surface area contributed by atoms with Crippen molar-refractivity contribution in [3.8, 4) is 0 Å². The summed E-state index contributed by atoms with van der Waals surface area (Å²) in [6, 6.07) is 0.647. The number of hydrogen-bond donors (Lipinski definition) is 0. The minimum atomic E-state index is 0.431. The largest absolute Gasteiger partial charge is 0.303 e. The Labute approximate surface area is 136 Å². The van der Waals surface area contributed by atoms with E-state index in [0.29, 0.717) is 16.9 Å². The van der Waals surface area contributed by atoms with Gasteiger partial charge in [0.25, 0.3) is 0 Å². The van der Waals surface area contributed by atoms with Crippen LogP contribution >= 0.6 is 0 Å². The standard InChI is InChI=1S/C21H33N/c1-20-11-5-6-18(20)17-8-7-15-14-16(22(3)4)9-13-21(15,2)19(17)10-12-20/h8-9,13,15-16,18-19H,5-7,10-12,14H2,1-4H3/t15?,16?,18-,19-,20-,21-/m0/s1. The van der Waals surface area contributed by atoms with E-state index in [0.717, 1.165) is 17.8 Å². The third kappa shape index (κ3) is 2.00. The quantitative estimate of drug-likeness (QED) is 0.613. The van der Waals surface area contributed by atoms with E-state index in [-0.39, 0.29) is 0 Å². The third-order valence-corrected chi connectivity index (χ3v) is 8.03. The van der Waals surface area contributed by atoms with Crippen LogP contribution < -0.4 is 0 Å². The van der Waals surface area contributed by atoms with Crippen molar-refractivity contribution in [2.24, 2.45) is 28.6 Å². The van der Waals surface area contributed by atoms with E-state index < -0.39 is 0 Å². The fourth-order valence-corrected chi connectivity index (χ4v) is 6.43. The lowest BCUT2D eigenvalue weighted by Crippen LogP contribution is -2.48.